The van der Waals surface area contributed by atoms with Crippen LogP contribution in [-0.2, 0) is 6.42 Å². The van der Waals surface area contributed by atoms with Gasteiger partial charge in [-0.15, -0.1) is 0 Å². The van der Waals surface area contributed by atoms with Crippen molar-refractivity contribution in [3.05, 3.63) is 59.7 Å². The molecule has 0 radical (unpaired) electrons. The van der Waals surface area contributed by atoms with Crippen LogP contribution in [0.25, 0.3) is 11.1 Å². The summed E-state index contributed by atoms with van der Waals surface area (Å²) in [4.78, 5) is 0. The lowest BCUT2D eigenvalue weighted by Gasteiger charge is -2.42. The second-order valence-electron chi connectivity index (χ2n) is 10.6. The Morgan fingerprint density at radius 2 is 1.32 bits per heavy atom. The van der Waals surface area contributed by atoms with Crippen LogP contribution in [0.3, 0.4) is 0 Å². The van der Waals surface area contributed by atoms with Gasteiger partial charge in [0.2, 0.25) is 0 Å². The van der Waals surface area contributed by atoms with Crippen LogP contribution in [0.15, 0.2) is 48.5 Å². The standard InChI is InChI=1S/C31H44/c1-3-5-6-7-9-25-12-15-31-23-30(21-20-29(31)22-25)28-18-16-27(17-19-28)26-13-10-24(8-4-2)11-14-26/h10-11,13-14,16-19,25,29-31H,3-9,12,15,20-23H2,1-2H3. The van der Waals surface area contributed by atoms with Crippen molar-refractivity contribution in [3.63, 3.8) is 0 Å². The van der Waals surface area contributed by atoms with Crippen LogP contribution in [0.1, 0.15) is 108 Å². The van der Waals surface area contributed by atoms with E-state index in [4.69, 9.17) is 0 Å². The fraction of sp³-hybridized carbons (Fsp3) is 0.613. The first-order valence-electron chi connectivity index (χ1n) is 13.5. The molecule has 168 valence electrons. The quantitative estimate of drug-likeness (QED) is 0.357. The maximum atomic E-state index is 2.43. The first-order chi connectivity index (χ1) is 15.3. The minimum Gasteiger partial charge on any atom is -0.0654 e. The highest BCUT2D eigenvalue weighted by molar-refractivity contribution is 5.64. The van der Waals surface area contributed by atoms with Crippen LogP contribution in [0, 0.1) is 17.8 Å². The number of hydrogen-bond acceptors (Lipinski definition) is 0. The highest BCUT2D eigenvalue weighted by Crippen LogP contribution is 2.48. The maximum Gasteiger partial charge on any atom is -0.0159 e. The van der Waals surface area contributed by atoms with E-state index < -0.39 is 0 Å². The second-order valence-corrected chi connectivity index (χ2v) is 10.6. The number of hydrogen-bond donors (Lipinski definition) is 0. The summed E-state index contributed by atoms with van der Waals surface area (Å²) in [5.41, 5.74) is 5.76. The van der Waals surface area contributed by atoms with Gasteiger partial charge in [0.15, 0.2) is 0 Å². The molecule has 4 rings (SSSR count). The van der Waals surface area contributed by atoms with Crippen molar-refractivity contribution < 1.29 is 0 Å². The molecular weight excluding hydrogens is 372 g/mol. The van der Waals surface area contributed by atoms with Crippen molar-refractivity contribution in [3.8, 4) is 11.1 Å². The zero-order chi connectivity index (χ0) is 21.5. The predicted octanol–water partition coefficient (Wildman–Crippen LogP) is 9.58. The molecule has 2 aliphatic carbocycles. The summed E-state index contributed by atoms with van der Waals surface area (Å²) in [5.74, 6) is 3.86. The highest BCUT2D eigenvalue weighted by Gasteiger charge is 2.35. The summed E-state index contributed by atoms with van der Waals surface area (Å²) in [6, 6.07) is 18.8. The van der Waals surface area contributed by atoms with Gasteiger partial charge < -0.3 is 0 Å². The van der Waals surface area contributed by atoms with E-state index in [1.165, 1.54) is 100 Å². The van der Waals surface area contributed by atoms with E-state index in [9.17, 15) is 0 Å². The van der Waals surface area contributed by atoms with E-state index in [-0.39, 0.29) is 0 Å². The Morgan fingerprint density at radius 3 is 2.03 bits per heavy atom. The molecular formula is C31H44. The average Bonchev–Trinajstić information content (AvgIpc) is 2.82. The number of benzene rings is 2. The van der Waals surface area contributed by atoms with Crippen molar-refractivity contribution in [2.45, 2.75) is 103 Å². The Morgan fingerprint density at radius 1 is 0.645 bits per heavy atom. The predicted molar refractivity (Wildman–Crippen MR) is 136 cm³/mol. The lowest BCUT2D eigenvalue weighted by Crippen LogP contribution is -2.30. The van der Waals surface area contributed by atoms with Gasteiger partial charge in [0, 0.05) is 0 Å². The van der Waals surface area contributed by atoms with Crippen molar-refractivity contribution in [1.29, 1.82) is 0 Å². The molecule has 4 atom stereocenters. The van der Waals surface area contributed by atoms with Crippen LogP contribution < -0.4 is 0 Å². The third kappa shape index (κ3) is 6.03. The smallest absolute Gasteiger partial charge is 0.0159 e. The first kappa shape index (κ1) is 22.6. The van der Waals surface area contributed by atoms with Gasteiger partial charge in [-0.2, -0.15) is 0 Å². The van der Waals surface area contributed by atoms with Crippen LogP contribution in [0.2, 0.25) is 0 Å². The highest BCUT2D eigenvalue weighted by atomic mass is 14.4. The molecule has 0 heteroatoms. The third-order valence-corrected chi connectivity index (χ3v) is 8.40. The van der Waals surface area contributed by atoms with Gasteiger partial charge in [0.05, 0.1) is 0 Å². The number of aryl methyl sites for hydroxylation is 1. The van der Waals surface area contributed by atoms with Gasteiger partial charge in [-0.05, 0) is 84.5 Å². The SMILES string of the molecule is CCCCCCC1CCC2CC(c3ccc(-c4ccc(CCC)cc4)cc3)CCC2C1. The molecule has 31 heavy (non-hydrogen) atoms. The number of fused-ring (bicyclic) bond motifs is 1. The molecule has 0 spiro atoms. The molecule has 2 aromatic carbocycles. The zero-order valence-corrected chi connectivity index (χ0v) is 20.1. The molecule has 2 aliphatic rings. The minimum atomic E-state index is 0.795. The molecule has 0 heterocycles. The summed E-state index contributed by atoms with van der Waals surface area (Å²) in [6.07, 6.45) is 18.5. The second kappa shape index (κ2) is 11.3. The number of rotatable bonds is 9. The van der Waals surface area contributed by atoms with Gasteiger partial charge in [0.1, 0.15) is 0 Å². The summed E-state index contributed by atoms with van der Waals surface area (Å²) in [7, 11) is 0. The molecule has 2 aromatic rings. The molecule has 0 bridgehead atoms. The lowest BCUT2D eigenvalue weighted by molar-refractivity contribution is 0.113. The van der Waals surface area contributed by atoms with Crippen molar-refractivity contribution >= 4 is 0 Å². The van der Waals surface area contributed by atoms with E-state index in [2.05, 4.69) is 62.4 Å². The third-order valence-electron chi connectivity index (χ3n) is 8.40. The Labute approximate surface area is 191 Å². The van der Waals surface area contributed by atoms with Crippen LogP contribution in [0.4, 0.5) is 0 Å². The molecule has 0 aromatic heterocycles. The Kier molecular flexibility index (Phi) is 8.28. The van der Waals surface area contributed by atoms with Crippen molar-refractivity contribution in [2.24, 2.45) is 17.8 Å². The number of unbranched alkanes of at least 4 members (excludes halogenated alkanes) is 3. The summed E-state index contributed by atoms with van der Waals surface area (Å²) < 4.78 is 0. The zero-order valence-electron chi connectivity index (χ0n) is 20.1. The summed E-state index contributed by atoms with van der Waals surface area (Å²) >= 11 is 0. The molecule has 0 amide bonds. The molecule has 0 saturated heterocycles. The van der Waals surface area contributed by atoms with Gasteiger partial charge in [0.25, 0.3) is 0 Å². The first-order valence-corrected chi connectivity index (χ1v) is 13.5. The normalized spacial score (nSPS) is 25.9. The molecule has 2 saturated carbocycles. The van der Waals surface area contributed by atoms with E-state index >= 15 is 0 Å². The van der Waals surface area contributed by atoms with Crippen molar-refractivity contribution in [1.82, 2.24) is 0 Å². The Balaban J connectivity index is 1.30. The van der Waals surface area contributed by atoms with Crippen LogP contribution in [-0.4, -0.2) is 0 Å². The molecule has 2 fully saturated rings. The van der Waals surface area contributed by atoms with E-state index in [1.54, 1.807) is 5.56 Å². The molecule has 0 nitrogen and oxygen atoms in total. The lowest BCUT2D eigenvalue weighted by atomic mass is 9.63. The van der Waals surface area contributed by atoms with Gasteiger partial charge >= 0.3 is 0 Å². The fourth-order valence-electron chi connectivity index (χ4n) is 6.51. The molecule has 0 aliphatic heterocycles. The largest absolute Gasteiger partial charge is 0.0654 e. The minimum absolute atomic E-state index is 0.795. The Bertz CT molecular complexity index is 769. The maximum absolute atomic E-state index is 2.43. The van der Waals surface area contributed by atoms with E-state index in [0.29, 0.717) is 0 Å². The van der Waals surface area contributed by atoms with Gasteiger partial charge in [-0.3, -0.25) is 0 Å². The van der Waals surface area contributed by atoms with Crippen LogP contribution in [0.5, 0.6) is 0 Å². The molecule has 0 N–H and O–H groups in total. The average molecular weight is 417 g/mol. The summed E-state index contributed by atoms with van der Waals surface area (Å²) in [6.45, 7) is 4.57. The van der Waals surface area contributed by atoms with E-state index in [1.807, 2.05) is 0 Å². The molecule has 4 unspecified atom stereocenters. The van der Waals surface area contributed by atoms with Gasteiger partial charge in [-0.1, -0.05) is 107 Å². The topological polar surface area (TPSA) is 0 Å². The van der Waals surface area contributed by atoms with Crippen LogP contribution >= 0.6 is 0 Å². The monoisotopic (exact) mass is 416 g/mol. The fourth-order valence-corrected chi connectivity index (χ4v) is 6.51. The van der Waals surface area contributed by atoms with Crippen molar-refractivity contribution in [2.75, 3.05) is 0 Å². The van der Waals surface area contributed by atoms with Gasteiger partial charge in [-0.25, -0.2) is 0 Å². The summed E-state index contributed by atoms with van der Waals surface area (Å²) in [5, 5.41) is 0. The Hall–Kier alpha value is -1.56. The van der Waals surface area contributed by atoms with E-state index in [0.717, 1.165) is 23.7 Å².